The fourth-order valence-electron chi connectivity index (χ4n) is 1.63. The lowest BCUT2D eigenvalue weighted by Gasteiger charge is -2.06. The van der Waals surface area contributed by atoms with Crippen molar-refractivity contribution >= 4 is 38.9 Å². The van der Waals surface area contributed by atoms with Gasteiger partial charge in [0.1, 0.15) is 0 Å². The van der Waals surface area contributed by atoms with E-state index in [1.165, 1.54) is 4.88 Å². The molecule has 5 heteroatoms. The van der Waals surface area contributed by atoms with Crippen molar-refractivity contribution in [2.75, 3.05) is 18.4 Å². The molecular formula is C14H15BrN2OS. The summed E-state index contributed by atoms with van der Waals surface area (Å²) in [6.45, 7) is 1.14. The van der Waals surface area contributed by atoms with Crippen molar-refractivity contribution in [3.8, 4) is 0 Å². The molecule has 0 aliphatic heterocycles. The Morgan fingerprint density at radius 3 is 2.63 bits per heavy atom. The number of hydrogen-bond acceptors (Lipinski definition) is 3. The zero-order valence-corrected chi connectivity index (χ0v) is 12.8. The molecule has 0 saturated heterocycles. The van der Waals surface area contributed by atoms with E-state index in [1.807, 2.05) is 36.4 Å². The lowest BCUT2D eigenvalue weighted by atomic mass is 10.3. The second-order valence-electron chi connectivity index (χ2n) is 4.05. The summed E-state index contributed by atoms with van der Waals surface area (Å²) in [5.74, 6) is -0.0152. The normalized spacial score (nSPS) is 10.4. The number of thiophene rings is 1. The quantitative estimate of drug-likeness (QED) is 0.793. The first-order valence-corrected chi connectivity index (χ1v) is 7.65. The summed E-state index contributed by atoms with van der Waals surface area (Å²) in [7, 11) is 0. The molecule has 2 rings (SSSR count). The maximum Gasteiger partial charge on any atom is 0.238 e. The zero-order valence-electron chi connectivity index (χ0n) is 10.4. The second-order valence-corrected chi connectivity index (χ2v) is 6.59. The van der Waals surface area contributed by atoms with Crippen molar-refractivity contribution < 1.29 is 4.79 Å². The molecule has 0 atom stereocenters. The highest BCUT2D eigenvalue weighted by molar-refractivity contribution is 9.11. The predicted molar refractivity (Wildman–Crippen MR) is 83.7 cm³/mol. The van der Waals surface area contributed by atoms with Crippen LogP contribution in [0.25, 0.3) is 0 Å². The molecule has 0 radical (unpaired) electrons. The summed E-state index contributed by atoms with van der Waals surface area (Å²) >= 11 is 5.16. The summed E-state index contributed by atoms with van der Waals surface area (Å²) in [4.78, 5) is 13.0. The van der Waals surface area contributed by atoms with Crippen molar-refractivity contribution in [3.05, 3.63) is 51.1 Å². The topological polar surface area (TPSA) is 41.1 Å². The zero-order chi connectivity index (χ0) is 13.5. The van der Waals surface area contributed by atoms with E-state index < -0.39 is 0 Å². The van der Waals surface area contributed by atoms with Crippen LogP contribution in [-0.4, -0.2) is 19.0 Å². The number of hydrogen-bond donors (Lipinski definition) is 2. The van der Waals surface area contributed by atoms with Crippen LogP contribution in [0.4, 0.5) is 5.69 Å². The summed E-state index contributed by atoms with van der Waals surface area (Å²) in [6, 6.07) is 13.6. The Morgan fingerprint density at radius 1 is 1.16 bits per heavy atom. The lowest BCUT2D eigenvalue weighted by molar-refractivity contribution is -0.115. The average molecular weight is 339 g/mol. The Bertz CT molecular complexity index is 527. The summed E-state index contributed by atoms with van der Waals surface area (Å²) < 4.78 is 1.14. The fraction of sp³-hybridized carbons (Fsp3) is 0.214. The summed E-state index contributed by atoms with van der Waals surface area (Å²) in [5, 5.41) is 5.98. The van der Waals surface area contributed by atoms with Crippen LogP contribution in [-0.2, 0) is 11.2 Å². The second kappa shape index (κ2) is 7.43. The molecule has 19 heavy (non-hydrogen) atoms. The van der Waals surface area contributed by atoms with Gasteiger partial charge in [-0.15, -0.1) is 11.3 Å². The number of nitrogens with one attached hydrogen (secondary N) is 2. The number of amides is 1. The Kier molecular flexibility index (Phi) is 5.57. The minimum atomic E-state index is -0.0152. The molecule has 1 aromatic carbocycles. The average Bonchev–Trinajstić information content (AvgIpc) is 2.82. The van der Waals surface area contributed by atoms with Crippen molar-refractivity contribution in [2.45, 2.75) is 6.42 Å². The van der Waals surface area contributed by atoms with Gasteiger partial charge in [0.15, 0.2) is 0 Å². The first-order valence-electron chi connectivity index (χ1n) is 6.04. The first kappa shape index (κ1) is 14.2. The molecule has 0 bridgehead atoms. The molecule has 2 aromatic rings. The SMILES string of the molecule is O=C(CNCCc1ccc(Br)s1)Nc1ccccc1. The number of anilines is 1. The van der Waals surface area contributed by atoms with Gasteiger partial charge in [0.05, 0.1) is 10.3 Å². The van der Waals surface area contributed by atoms with Crippen LogP contribution in [0.5, 0.6) is 0 Å². The standard InChI is InChI=1S/C14H15BrN2OS/c15-13-7-6-12(19-13)8-9-16-10-14(18)17-11-4-2-1-3-5-11/h1-7,16H,8-10H2,(H,17,18). The highest BCUT2D eigenvalue weighted by Gasteiger charge is 2.02. The van der Waals surface area contributed by atoms with Crippen LogP contribution in [0.3, 0.4) is 0 Å². The van der Waals surface area contributed by atoms with Gasteiger partial charge in [0.2, 0.25) is 5.91 Å². The molecule has 100 valence electrons. The van der Waals surface area contributed by atoms with Gasteiger partial charge < -0.3 is 10.6 Å². The van der Waals surface area contributed by atoms with Crippen molar-refractivity contribution in [3.63, 3.8) is 0 Å². The molecule has 0 fully saturated rings. The molecule has 1 amide bonds. The Labute approximate surface area is 125 Å². The first-order chi connectivity index (χ1) is 9.24. The number of halogens is 1. The van der Waals surface area contributed by atoms with Gasteiger partial charge in [0.25, 0.3) is 0 Å². The van der Waals surface area contributed by atoms with E-state index >= 15 is 0 Å². The van der Waals surface area contributed by atoms with Gasteiger partial charge in [-0.2, -0.15) is 0 Å². The fourth-order valence-corrected chi connectivity index (χ4v) is 3.11. The number of benzene rings is 1. The summed E-state index contributed by atoms with van der Waals surface area (Å²) in [5.41, 5.74) is 0.830. The van der Waals surface area contributed by atoms with E-state index in [4.69, 9.17) is 0 Å². The molecule has 0 saturated carbocycles. The van der Waals surface area contributed by atoms with Gasteiger partial charge >= 0.3 is 0 Å². The van der Waals surface area contributed by atoms with Crippen molar-refractivity contribution in [1.29, 1.82) is 0 Å². The maximum absolute atomic E-state index is 11.6. The van der Waals surface area contributed by atoms with Crippen LogP contribution < -0.4 is 10.6 Å². The highest BCUT2D eigenvalue weighted by Crippen LogP contribution is 2.21. The number of carbonyl (C=O) groups excluding carboxylic acids is 1. The van der Waals surface area contributed by atoms with E-state index in [9.17, 15) is 4.79 Å². The third-order valence-electron chi connectivity index (χ3n) is 2.52. The van der Waals surface area contributed by atoms with Gasteiger partial charge in [-0.3, -0.25) is 4.79 Å². The van der Waals surface area contributed by atoms with E-state index in [1.54, 1.807) is 11.3 Å². The number of para-hydroxylation sites is 1. The minimum absolute atomic E-state index is 0.0152. The molecule has 2 N–H and O–H groups in total. The largest absolute Gasteiger partial charge is 0.325 e. The monoisotopic (exact) mass is 338 g/mol. The maximum atomic E-state index is 11.6. The summed E-state index contributed by atoms with van der Waals surface area (Å²) in [6.07, 6.45) is 0.939. The van der Waals surface area contributed by atoms with Crippen LogP contribution in [0.1, 0.15) is 4.88 Å². The third kappa shape index (κ3) is 5.14. The van der Waals surface area contributed by atoms with Crippen LogP contribution in [0.2, 0.25) is 0 Å². The number of carbonyl (C=O) groups is 1. The smallest absolute Gasteiger partial charge is 0.238 e. The van der Waals surface area contributed by atoms with Gasteiger partial charge in [-0.25, -0.2) is 0 Å². The van der Waals surface area contributed by atoms with E-state index in [2.05, 4.69) is 32.6 Å². The van der Waals surface area contributed by atoms with Crippen LogP contribution in [0, 0.1) is 0 Å². The Morgan fingerprint density at radius 2 is 1.95 bits per heavy atom. The van der Waals surface area contributed by atoms with Crippen LogP contribution >= 0.6 is 27.3 Å². The molecule has 0 unspecified atom stereocenters. The molecule has 1 aromatic heterocycles. The van der Waals surface area contributed by atoms with E-state index in [-0.39, 0.29) is 5.91 Å². The minimum Gasteiger partial charge on any atom is -0.325 e. The third-order valence-corrected chi connectivity index (χ3v) is 4.20. The molecular weight excluding hydrogens is 324 g/mol. The molecule has 0 aliphatic rings. The van der Waals surface area contributed by atoms with Gasteiger partial charge in [-0.1, -0.05) is 18.2 Å². The van der Waals surface area contributed by atoms with Gasteiger partial charge in [0, 0.05) is 17.1 Å². The highest BCUT2D eigenvalue weighted by atomic mass is 79.9. The Hall–Kier alpha value is -1.17. The van der Waals surface area contributed by atoms with Crippen LogP contribution in [0.15, 0.2) is 46.3 Å². The van der Waals surface area contributed by atoms with Crippen molar-refractivity contribution in [2.24, 2.45) is 0 Å². The van der Waals surface area contributed by atoms with Crippen molar-refractivity contribution in [1.82, 2.24) is 5.32 Å². The lowest BCUT2D eigenvalue weighted by Crippen LogP contribution is -2.29. The van der Waals surface area contributed by atoms with Gasteiger partial charge in [-0.05, 0) is 46.6 Å². The predicted octanol–water partition coefficient (Wildman–Crippen LogP) is 3.28. The molecule has 0 aliphatic carbocycles. The molecule has 1 heterocycles. The molecule has 3 nitrogen and oxygen atoms in total. The number of rotatable bonds is 6. The molecule has 0 spiro atoms. The van der Waals surface area contributed by atoms with E-state index in [0.29, 0.717) is 6.54 Å². The van der Waals surface area contributed by atoms with E-state index in [0.717, 1.165) is 22.4 Å². The Balaban J connectivity index is 1.64.